The van der Waals surface area contributed by atoms with Crippen LogP contribution in [0.4, 0.5) is 11.8 Å². The lowest BCUT2D eigenvalue weighted by Crippen LogP contribution is -2.39. The number of nitrogens with one attached hydrogen (secondary N) is 1. The van der Waals surface area contributed by atoms with Crippen LogP contribution in [-0.4, -0.2) is 41.3 Å². The number of hydrogen-bond acceptors (Lipinski definition) is 5. The van der Waals surface area contributed by atoms with Gasteiger partial charge in [-0.3, -0.25) is 0 Å². The van der Waals surface area contributed by atoms with E-state index in [4.69, 9.17) is 0 Å². The Kier molecular flexibility index (Phi) is 4.01. The summed E-state index contributed by atoms with van der Waals surface area (Å²) in [6.07, 6.45) is 6.96. The molecule has 0 spiro atoms. The van der Waals surface area contributed by atoms with Gasteiger partial charge in [0.05, 0.1) is 5.60 Å². The third-order valence-electron chi connectivity index (χ3n) is 3.43. The molecule has 0 atom stereocenters. The van der Waals surface area contributed by atoms with Gasteiger partial charge in [-0.1, -0.05) is 19.3 Å². The smallest absolute Gasteiger partial charge is 0.226 e. The molecule has 1 aromatic rings. The Balaban J connectivity index is 1.95. The summed E-state index contributed by atoms with van der Waals surface area (Å²) in [5.41, 5.74) is -0.568. The molecule has 1 heterocycles. The highest BCUT2D eigenvalue weighted by molar-refractivity contribution is 5.40. The second kappa shape index (κ2) is 5.52. The van der Waals surface area contributed by atoms with Crippen LogP contribution in [0, 0.1) is 0 Å². The number of aliphatic hydroxyl groups is 1. The molecule has 18 heavy (non-hydrogen) atoms. The highest BCUT2D eigenvalue weighted by Gasteiger charge is 2.28. The average Bonchev–Trinajstić information content (AvgIpc) is 2.38. The summed E-state index contributed by atoms with van der Waals surface area (Å²) in [5.74, 6) is 1.45. The summed E-state index contributed by atoms with van der Waals surface area (Å²) in [4.78, 5) is 10.4. The summed E-state index contributed by atoms with van der Waals surface area (Å²) >= 11 is 0. The molecule has 1 aliphatic rings. The van der Waals surface area contributed by atoms with Crippen LogP contribution in [0.25, 0.3) is 0 Å². The fourth-order valence-electron chi connectivity index (χ4n) is 2.30. The van der Waals surface area contributed by atoms with Crippen LogP contribution in [0.2, 0.25) is 0 Å². The summed E-state index contributed by atoms with van der Waals surface area (Å²) in [6, 6.07) is 1.83. The van der Waals surface area contributed by atoms with Crippen LogP contribution in [0.15, 0.2) is 12.3 Å². The molecule has 0 aliphatic heterocycles. The van der Waals surface area contributed by atoms with Crippen molar-refractivity contribution in [2.75, 3.05) is 30.9 Å². The normalized spacial score (nSPS) is 18.4. The van der Waals surface area contributed by atoms with Gasteiger partial charge in [0.1, 0.15) is 5.82 Å². The van der Waals surface area contributed by atoms with Crippen LogP contribution >= 0.6 is 0 Å². The monoisotopic (exact) mass is 250 g/mol. The molecule has 1 aliphatic carbocycles. The van der Waals surface area contributed by atoms with Crippen molar-refractivity contribution < 1.29 is 5.11 Å². The number of nitrogens with zero attached hydrogens (tertiary/aromatic N) is 3. The molecule has 0 bridgehead atoms. The maximum atomic E-state index is 10.4. The molecule has 2 rings (SSSR count). The Morgan fingerprint density at radius 3 is 2.72 bits per heavy atom. The van der Waals surface area contributed by atoms with E-state index in [1.54, 1.807) is 6.20 Å². The van der Waals surface area contributed by atoms with Crippen molar-refractivity contribution in [3.05, 3.63) is 12.3 Å². The van der Waals surface area contributed by atoms with E-state index in [0.717, 1.165) is 31.5 Å². The van der Waals surface area contributed by atoms with E-state index in [2.05, 4.69) is 15.3 Å². The fourth-order valence-corrected chi connectivity index (χ4v) is 2.30. The van der Waals surface area contributed by atoms with E-state index in [1.807, 2.05) is 25.1 Å². The van der Waals surface area contributed by atoms with Crippen molar-refractivity contribution in [1.29, 1.82) is 0 Å². The summed E-state index contributed by atoms with van der Waals surface area (Å²) in [7, 11) is 3.82. The number of rotatable bonds is 4. The predicted octanol–water partition coefficient (Wildman–Crippen LogP) is 1.65. The molecule has 1 saturated carbocycles. The van der Waals surface area contributed by atoms with Crippen LogP contribution < -0.4 is 10.2 Å². The van der Waals surface area contributed by atoms with Crippen LogP contribution in [0.5, 0.6) is 0 Å². The van der Waals surface area contributed by atoms with Crippen molar-refractivity contribution >= 4 is 11.8 Å². The Bertz CT molecular complexity index is 388. The summed E-state index contributed by atoms with van der Waals surface area (Å²) in [5, 5.41) is 13.6. The highest BCUT2D eigenvalue weighted by atomic mass is 16.3. The van der Waals surface area contributed by atoms with Crippen molar-refractivity contribution in [1.82, 2.24) is 9.97 Å². The Hall–Kier alpha value is -1.36. The molecule has 0 aromatic carbocycles. The van der Waals surface area contributed by atoms with E-state index < -0.39 is 5.60 Å². The Labute approximate surface area is 108 Å². The molecule has 0 unspecified atom stereocenters. The van der Waals surface area contributed by atoms with Crippen molar-refractivity contribution in [2.24, 2.45) is 0 Å². The van der Waals surface area contributed by atoms with Crippen LogP contribution in [-0.2, 0) is 0 Å². The number of anilines is 2. The van der Waals surface area contributed by atoms with Gasteiger partial charge in [-0.05, 0) is 18.9 Å². The highest BCUT2D eigenvalue weighted by Crippen LogP contribution is 2.28. The zero-order chi connectivity index (χ0) is 13.0. The third-order valence-corrected chi connectivity index (χ3v) is 3.43. The zero-order valence-electron chi connectivity index (χ0n) is 11.2. The molecule has 1 fully saturated rings. The molecule has 0 radical (unpaired) electrons. The first kappa shape index (κ1) is 13.1. The fraction of sp³-hybridized carbons (Fsp3) is 0.692. The lowest BCUT2D eigenvalue weighted by atomic mass is 9.85. The second-order valence-electron chi connectivity index (χ2n) is 5.27. The minimum absolute atomic E-state index is 0.566. The number of aromatic nitrogens is 2. The van der Waals surface area contributed by atoms with Crippen LogP contribution in [0.3, 0.4) is 0 Å². The maximum Gasteiger partial charge on any atom is 0.226 e. The molecule has 2 N–H and O–H groups in total. The topological polar surface area (TPSA) is 61.3 Å². The second-order valence-corrected chi connectivity index (χ2v) is 5.27. The molecule has 0 saturated heterocycles. The van der Waals surface area contributed by atoms with Gasteiger partial charge in [-0.15, -0.1) is 0 Å². The Morgan fingerprint density at radius 2 is 2.06 bits per heavy atom. The average molecular weight is 250 g/mol. The van der Waals surface area contributed by atoms with Gasteiger partial charge in [-0.25, -0.2) is 4.98 Å². The van der Waals surface area contributed by atoms with Gasteiger partial charge in [0.25, 0.3) is 0 Å². The van der Waals surface area contributed by atoms with Crippen molar-refractivity contribution in [3.8, 4) is 0 Å². The largest absolute Gasteiger partial charge is 0.388 e. The van der Waals surface area contributed by atoms with E-state index in [9.17, 15) is 5.11 Å². The molecule has 5 nitrogen and oxygen atoms in total. The lowest BCUT2D eigenvalue weighted by Gasteiger charge is -2.32. The lowest BCUT2D eigenvalue weighted by molar-refractivity contribution is 0.0166. The Morgan fingerprint density at radius 1 is 1.33 bits per heavy atom. The number of hydrogen-bond donors (Lipinski definition) is 2. The van der Waals surface area contributed by atoms with Gasteiger partial charge in [0.2, 0.25) is 5.95 Å². The standard InChI is InChI=1S/C13H22N4O/c1-17(2)12-14-9-6-11(16-12)15-10-13(18)7-4-3-5-8-13/h6,9,18H,3-5,7-8,10H2,1-2H3,(H,14,15,16). The molecule has 1 aromatic heterocycles. The molecular weight excluding hydrogens is 228 g/mol. The van der Waals surface area contributed by atoms with Gasteiger partial charge < -0.3 is 15.3 Å². The third kappa shape index (κ3) is 3.32. The summed E-state index contributed by atoms with van der Waals surface area (Å²) in [6.45, 7) is 0.566. The van der Waals surface area contributed by atoms with Crippen molar-refractivity contribution in [3.63, 3.8) is 0 Å². The van der Waals surface area contributed by atoms with Gasteiger partial charge in [0, 0.05) is 26.8 Å². The first-order chi connectivity index (χ1) is 8.59. The van der Waals surface area contributed by atoms with Gasteiger partial charge in [0.15, 0.2) is 0 Å². The molecule has 100 valence electrons. The quantitative estimate of drug-likeness (QED) is 0.851. The molecule has 0 amide bonds. The van der Waals surface area contributed by atoms with Gasteiger partial charge in [-0.2, -0.15) is 4.98 Å². The van der Waals surface area contributed by atoms with E-state index in [-0.39, 0.29) is 0 Å². The van der Waals surface area contributed by atoms with E-state index in [0.29, 0.717) is 12.5 Å². The zero-order valence-corrected chi connectivity index (χ0v) is 11.2. The first-order valence-electron chi connectivity index (χ1n) is 6.56. The van der Waals surface area contributed by atoms with Crippen LogP contribution in [0.1, 0.15) is 32.1 Å². The maximum absolute atomic E-state index is 10.4. The minimum atomic E-state index is -0.568. The first-order valence-corrected chi connectivity index (χ1v) is 6.56. The SMILES string of the molecule is CN(C)c1nccc(NCC2(O)CCCCC2)n1. The minimum Gasteiger partial charge on any atom is -0.388 e. The summed E-state index contributed by atoms with van der Waals surface area (Å²) < 4.78 is 0. The molecule has 5 heteroatoms. The van der Waals surface area contributed by atoms with Gasteiger partial charge >= 0.3 is 0 Å². The van der Waals surface area contributed by atoms with E-state index >= 15 is 0 Å². The van der Waals surface area contributed by atoms with E-state index in [1.165, 1.54) is 6.42 Å². The van der Waals surface area contributed by atoms with Crippen molar-refractivity contribution in [2.45, 2.75) is 37.7 Å². The molecular formula is C13H22N4O. The predicted molar refractivity (Wildman–Crippen MR) is 72.9 cm³/mol.